The molecule has 3 aromatic rings. The number of fused-ring (bicyclic) bond motifs is 1. The lowest BCUT2D eigenvalue weighted by Gasteiger charge is -2.28. The molecule has 2 aromatic carbocycles. The third-order valence-electron chi connectivity index (χ3n) is 6.35. The van der Waals surface area contributed by atoms with Crippen LogP contribution in [0.4, 0.5) is 4.39 Å². The Morgan fingerprint density at radius 1 is 1.14 bits per heavy atom. The maximum Gasteiger partial charge on any atom is 0.223 e. The quantitative estimate of drug-likeness (QED) is 0.481. The van der Waals surface area contributed by atoms with Crippen molar-refractivity contribution in [1.82, 2.24) is 19.6 Å². The minimum atomic E-state index is -0.224. The van der Waals surface area contributed by atoms with Crippen molar-refractivity contribution in [3.05, 3.63) is 76.9 Å². The molecule has 1 aliphatic rings. The second-order valence-electron chi connectivity index (χ2n) is 10.5. The van der Waals surface area contributed by atoms with Crippen molar-refractivity contribution < 1.29 is 13.9 Å². The Morgan fingerprint density at radius 2 is 1.86 bits per heavy atom. The van der Waals surface area contributed by atoms with Gasteiger partial charge in [0.05, 0.1) is 25.0 Å². The molecule has 0 N–H and O–H groups in total. The van der Waals surface area contributed by atoms with E-state index >= 15 is 0 Å². The van der Waals surface area contributed by atoms with E-state index in [1.54, 1.807) is 12.0 Å². The number of carbonyl (C=O) groups is 1. The summed E-state index contributed by atoms with van der Waals surface area (Å²) in [6.45, 7) is 8.99. The highest BCUT2D eigenvalue weighted by Gasteiger charge is 2.28. The van der Waals surface area contributed by atoms with E-state index in [-0.39, 0.29) is 17.1 Å². The predicted octanol–water partition coefficient (Wildman–Crippen LogP) is 4.97. The van der Waals surface area contributed by atoms with Crippen LogP contribution in [0.3, 0.4) is 0 Å². The Hall–Kier alpha value is -3.19. The van der Waals surface area contributed by atoms with Gasteiger partial charge in [0.15, 0.2) is 0 Å². The average molecular weight is 479 g/mol. The van der Waals surface area contributed by atoms with Gasteiger partial charge in [-0.05, 0) is 35.2 Å². The summed E-state index contributed by atoms with van der Waals surface area (Å²) in [5.74, 6) is 0.644. The van der Waals surface area contributed by atoms with E-state index in [4.69, 9.17) is 9.84 Å². The fraction of sp³-hybridized carbons (Fsp3) is 0.429. The molecule has 1 amide bonds. The van der Waals surface area contributed by atoms with Crippen LogP contribution in [-0.4, -0.2) is 46.2 Å². The van der Waals surface area contributed by atoms with Gasteiger partial charge in [0.2, 0.25) is 5.91 Å². The molecular formula is C28H35FN4O2. The molecule has 2 heterocycles. The minimum absolute atomic E-state index is 0.0759. The molecule has 0 aliphatic carbocycles. The molecule has 1 aliphatic heterocycles. The van der Waals surface area contributed by atoms with Crippen molar-refractivity contribution in [2.45, 2.75) is 53.2 Å². The van der Waals surface area contributed by atoms with Gasteiger partial charge in [-0.3, -0.25) is 9.69 Å². The number of rotatable bonds is 7. The molecule has 1 aromatic heterocycles. The number of ether oxygens (including phenoxy) is 1. The number of methoxy groups -OCH3 is 1. The van der Waals surface area contributed by atoms with E-state index < -0.39 is 0 Å². The van der Waals surface area contributed by atoms with Gasteiger partial charge in [-0.2, -0.15) is 5.10 Å². The molecule has 0 atom stereocenters. The van der Waals surface area contributed by atoms with Crippen LogP contribution in [0.2, 0.25) is 0 Å². The number of hydrogen-bond donors (Lipinski definition) is 0. The normalized spacial score (nSPS) is 14.0. The molecule has 0 bridgehead atoms. The summed E-state index contributed by atoms with van der Waals surface area (Å²) >= 11 is 0. The molecule has 35 heavy (non-hydrogen) atoms. The van der Waals surface area contributed by atoms with Gasteiger partial charge >= 0.3 is 0 Å². The SMILES string of the molecule is COc1ccccc1-n1nc(CN(C)C(=O)CC(C)(C)C)c2c1CCN(Cc1ccc(F)cc1)C2. The van der Waals surface area contributed by atoms with Gasteiger partial charge in [-0.25, -0.2) is 9.07 Å². The van der Waals surface area contributed by atoms with Gasteiger partial charge in [-0.1, -0.05) is 45.0 Å². The van der Waals surface area contributed by atoms with E-state index in [1.165, 1.54) is 12.1 Å². The van der Waals surface area contributed by atoms with Crippen molar-refractivity contribution in [3.63, 3.8) is 0 Å². The molecule has 0 spiro atoms. The Bertz CT molecular complexity index is 1180. The fourth-order valence-electron chi connectivity index (χ4n) is 4.56. The Morgan fingerprint density at radius 3 is 2.54 bits per heavy atom. The molecule has 0 unspecified atom stereocenters. The van der Waals surface area contributed by atoms with E-state index in [2.05, 4.69) is 25.7 Å². The summed E-state index contributed by atoms with van der Waals surface area (Å²) in [5, 5.41) is 5.01. The molecule has 186 valence electrons. The lowest BCUT2D eigenvalue weighted by Crippen LogP contribution is -2.32. The molecule has 4 rings (SSSR count). The van der Waals surface area contributed by atoms with Crippen molar-refractivity contribution in [2.75, 3.05) is 20.7 Å². The number of hydrogen-bond acceptors (Lipinski definition) is 4. The summed E-state index contributed by atoms with van der Waals surface area (Å²) in [6, 6.07) is 14.6. The molecule has 0 radical (unpaired) electrons. The van der Waals surface area contributed by atoms with Crippen LogP contribution < -0.4 is 4.74 Å². The van der Waals surface area contributed by atoms with Gasteiger partial charge < -0.3 is 9.64 Å². The number of aromatic nitrogens is 2. The first kappa shape index (κ1) is 24.9. The zero-order valence-electron chi connectivity index (χ0n) is 21.3. The standard InChI is InChI=1S/C28H35FN4O2/c1-28(2,3)16-27(34)31(4)19-23-22-18-32(17-20-10-12-21(29)13-11-20)15-14-24(22)33(30-23)25-8-6-7-9-26(25)35-5/h6-13H,14-19H2,1-5H3. The van der Waals surface area contributed by atoms with E-state index in [0.29, 0.717) is 13.0 Å². The van der Waals surface area contributed by atoms with E-state index in [1.807, 2.05) is 48.1 Å². The second kappa shape index (κ2) is 10.2. The zero-order valence-corrected chi connectivity index (χ0v) is 21.3. The van der Waals surface area contributed by atoms with Crippen molar-refractivity contribution >= 4 is 5.91 Å². The average Bonchev–Trinajstić information content (AvgIpc) is 3.16. The van der Waals surface area contributed by atoms with Gasteiger partial charge in [0.25, 0.3) is 0 Å². The smallest absolute Gasteiger partial charge is 0.223 e. The third-order valence-corrected chi connectivity index (χ3v) is 6.35. The van der Waals surface area contributed by atoms with Crippen molar-refractivity contribution in [1.29, 1.82) is 0 Å². The van der Waals surface area contributed by atoms with E-state index in [9.17, 15) is 9.18 Å². The number of halogens is 1. The van der Waals surface area contributed by atoms with Crippen LogP contribution in [0.25, 0.3) is 5.69 Å². The van der Waals surface area contributed by atoms with Crippen LogP contribution in [0.5, 0.6) is 5.75 Å². The summed E-state index contributed by atoms with van der Waals surface area (Å²) < 4.78 is 21.0. The first-order valence-electron chi connectivity index (χ1n) is 12.1. The van der Waals surface area contributed by atoms with Crippen LogP contribution in [-0.2, 0) is 30.8 Å². The largest absolute Gasteiger partial charge is 0.494 e. The first-order valence-corrected chi connectivity index (χ1v) is 12.1. The highest BCUT2D eigenvalue weighted by Crippen LogP contribution is 2.31. The van der Waals surface area contributed by atoms with E-state index in [0.717, 1.165) is 60.0 Å². The second-order valence-corrected chi connectivity index (χ2v) is 10.5. The summed E-state index contributed by atoms with van der Waals surface area (Å²) in [4.78, 5) is 17.0. The maximum absolute atomic E-state index is 13.4. The number of para-hydroxylation sites is 2. The number of amides is 1. The number of nitrogens with zero attached hydrogens (tertiary/aromatic N) is 4. The summed E-state index contributed by atoms with van der Waals surface area (Å²) in [7, 11) is 3.51. The lowest BCUT2D eigenvalue weighted by molar-refractivity contribution is -0.132. The highest BCUT2D eigenvalue weighted by atomic mass is 19.1. The van der Waals surface area contributed by atoms with Crippen molar-refractivity contribution in [3.8, 4) is 11.4 Å². The number of carbonyl (C=O) groups excluding carboxylic acids is 1. The van der Waals surface area contributed by atoms with Crippen LogP contribution in [0, 0.1) is 11.2 Å². The van der Waals surface area contributed by atoms with Gasteiger partial charge in [-0.15, -0.1) is 0 Å². The zero-order chi connectivity index (χ0) is 25.2. The van der Waals surface area contributed by atoms with Crippen LogP contribution >= 0.6 is 0 Å². The summed E-state index contributed by atoms with van der Waals surface area (Å²) in [5.41, 5.74) is 5.10. The lowest BCUT2D eigenvalue weighted by atomic mass is 9.91. The maximum atomic E-state index is 13.4. The topological polar surface area (TPSA) is 50.6 Å². The molecule has 0 saturated carbocycles. The Kier molecular flexibility index (Phi) is 7.26. The third kappa shape index (κ3) is 5.90. The van der Waals surface area contributed by atoms with Crippen molar-refractivity contribution in [2.24, 2.45) is 5.41 Å². The molecule has 7 heteroatoms. The first-order chi connectivity index (χ1) is 16.6. The number of benzene rings is 2. The highest BCUT2D eigenvalue weighted by molar-refractivity contribution is 5.76. The monoisotopic (exact) mass is 478 g/mol. The van der Waals surface area contributed by atoms with Gasteiger partial charge in [0.1, 0.15) is 17.3 Å². The fourth-order valence-corrected chi connectivity index (χ4v) is 4.56. The molecule has 6 nitrogen and oxygen atoms in total. The molecule has 0 saturated heterocycles. The minimum Gasteiger partial charge on any atom is -0.494 e. The Balaban J connectivity index is 1.65. The predicted molar refractivity (Wildman–Crippen MR) is 135 cm³/mol. The Labute approximate surface area is 207 Å². The van der Waals surface area contributed by atoms with Crippen LogP contribution in [0.15, 0.2) is 48.5 Å². The molecular weight excluding hydrogens is 443 g/mol. The van der Waals surface area contributed by atoms with Gasteiger partial charge in [0, 0.05) is 45.1 Å². The van der Waals surface area contributed by atoms with Crippen LogP contribution in [0.1, 0.15) is 49.7 Å². The molecule has 0 fully saturated rings. The summed E-state index contributed by atoms with van der Waals surface area (Å²) in [6.07, 6.45) is 1.30.